The lowest BCUT2D eigenvalue weighted by Gasteiger charge is -2.11. The van der Waals surface area contributed by atoms with Gasteiger partial charge < -0.3 is 10.1 Å². The number of carbonyl (C=O) groups is 1. The number of aryl methyl sites for hydroxylation is 2. The number of para-hydroxylation sites is 1. The van der Waals surface area contributed by atoms with E-state index in [0.717, 1.165) is 17.7 Å². The highest BCUT2D eigenvalue weighted by molar-refractivity contribution is 5.94. The second-order valence-electron chi connectivity index (χ2n) is 4.94. The van der Waals surface area contributed by atoms with Gasteiger partial charge in [0.15, 0.2) is 0 Å². The topological polar surface area (TPSA) is 38.3 Å². The van der Waals surface area contributed by atoms with Crippen molar-refractivity contribution in [3.63, 3.8) is 0 Å². The summed E-state index contributed by atoms with van der Waals surface area (Å²) in [6, 6.07) is 15.5. The van der Waals surface area contributed by atoms with E-state index in [-0.39, 0.29) is 5.91 Å². The SMILES string of the molecule is CCc1ccccc1OCCNC(=O)c1cccc(C)c1. The molecule has 0 bridgehead atoms. The lowest BCUT2D eigenvalue weighted by molar-refractivity contribution is 0.0947. The van der Waals surface area contributed by atoms with Gasteiger partial charge in [-0.1, -0.05) is 42.8 Å². The predicted octanol–water partition coefficient (Wildman–Crippen LogP) is 3.37. The molecule has 0 fully saturated rings. The van der Waals surface area contributed by atoms with Gasteiger partial charge in [-0.05, 0) is 37.1 Å². The van der Waals surface area contributed by atoms with Crippen LogP contribution in [-0.2, 0) is 6.42 Å². The molecule has 0 aliphatic heterocycles. The number of amides is 1. The number of hydrogen-bond acceptors (Lipinski definition) is 2. The first kappa shape index (κ1) is 15.1. The molecule has 110 valence electrons. The zero-order chi connectivity index (χ0) is 15.1. The van der Waals surface area contributed by atoms with Crippen LogP contribution in [0.3, 0.4) is 0 Å². The van der Waals surface area contributed by atoms with Gasteiger partial charge in [-0.15, -0.1) is 0 Å². The van der Waals surface area contributed by atoms with Crippen LogP contribution in [0.2, 0.25) is 0 Å². The van der Waals surface area contributed by atoms with E-state index in [2.05, 4.69) is 18.3 Å². The quantitative estimate of drug-likeness (QED) is 0.825. The van der Waals surface area contributed by atoms with E-state index < -0.39 is 0 Å². The van der Waals surface area contributed by atoms with Crippen LogP contribution in [0.25, 0.3) is 0 Å². The Morgan fingerprint density at radius 3 is 2.71 bits per heavy atom. The Morgan fingerprint density at radius 2 is 1.95 bits per heavy atom. The second kappa shape index (κ2) is 7.48. The predicted molar refractivity (Wildman–Crippen MR) is 84.8 cm³/mol. The Bertz CT molecular complexity index is 608. The molecular formula is C18H21NO2. The van der Waals surface area contributed by atoms with Crippen LogP contribution < -0.4 is 10.1 Å². The first-order valence-electron chi connectivity index (χ1n) is 7.26. The van der Waals surface area contributed by atoms with Crippen molar-refractivity contribution in [3.8, 4) is 5.75 Å². The van der Waals surface area contributed by atoms with E-state index in [0.29, 0.717) is 18.7 Å². The molecule has 0 aromatic heterocycles. The van der Waals surface area contributed by atoms with Crippen LogP contribution in [0.4, 0.5) is 0 Å². The van der Waals surface area contributed by atoms with Crippen LogP contribution in [0.15, 0.2) is 48.5 Å². The van der Waals surface area contributed by atoms with Gasteiger partial charge in [0.05, 0.1) is 6.54 Å². The van der Waals surface area contributed by atoms with Gasteiger partial charge in [0.25, 0.3) is 5.91 Å². The van der Waals surface area contributed by atoms with Crippen LogP contribution in [0, 0.1) is 6.92 Å². The Balaban J connectivity index is 1.81. The van der Waals surface area contributed by atoms with Gasteiger partial charge in [-0.25, -0.2) is 0 Å². The summed E-state index contributed by atoms with van der Waals surface area (Å²) >= 11 is 0. The monoisotopic (exact) mass is 283 g/mol. The number of ether oxygens (including phenoxy) is 1. The lowest BCUT2D eigenvalue weighted by atomic mass is 10.1. The van der Waals surface area contributed by atoms with E-state index in [1.165, 1.54) is 5.56 Å². The fourth-order valence-corrected chi connectivity index (χ4v) is 2.15. The third kappa shape index (κ3) is 4.35. The summed E-state index contributed by atoms with van der Waals surface area (Å²) in [6.07, 6.45) is 0.936. The van der Waals surface area contributed by atoms with Gasteiger partial charge in [-0.2, -0.15) is 0 Å². The fourth-order valence-electron chi connectivity index (χ4n) is 2.15. The fraction of sp³-hybridized carbons (Fsp3) is 0.278. The molecule has 0 aliphatic carbocycles. The molecule has 0 aliphatic rings. The summed E-state index contributed by atoms with van der Waals surface area (Å²) in [5, 5.41) is 2.87. The van der Waals surface area contributed by atoms with Gasteiger partial charge in [0.2, 0.25) is 0 Å². The first-order chi connectivity index (χ1) is 10.2. The number of nitrogens with one attached hydrogen (secondary N) is 1. The number of benzene rings is 2. The van der Waals surface area contributed by atoms with E-state index in [4.69, 9.17) is 4.74 Å². The highest BCUT2D eigenvalue weighted by atomic mass is 16.5. The molecule has 0 atom stereocenters. The Labute approximate surface area is 126 Å². The van der Waals surface area contributed by atoms with E-state index in [1.54, 1.807) is 0 Å². The average molecular weight is 283 g/mol. The molecular weight excluding hydrogens is 262 g/mol. The largest absolute Gasteiger partial charge is 0.491 e. The molecule has 0 heterocycles. The number of carbonyl (C=O) groups excluding carboxylic acids is 1. The molecule has 21 heavy (non-hydrogen) atoms. The summed E-state index contributed by atoms with van der Waals surface area (Å²) in [4.78, 5) is 12.0. The summed E-state index contributed by atoms with van der Waals surface area (Å²) < 4.78 is 5.72. The Kier molecular flexibility index (Phi) is 5.38. The molecule has 0 unspecified atom stereocenters. The van der Waals surface area contributed by atoms with Gasteiger partial charge in [-0.3, -0.25) is 4.79 Å². The average Bonchev–Trinajstić information content (AvgIpc) is 2.51. The maximum Gasteiger partial charge on any atom is 0.251 e. The van der Waals surface area contributed by atoms with Crippen molar-refractivity contribution < 1.29 is 9.53 Å². The summed E-state index contributed by atoms with van der Waals surface area (Å²) in [5.41, 5.74) is 2.95. The van der Waals surface area contributed by atoms with Crippen LogP contribution in [0.1, 0.15) is 28.4 Å². The number of hydrogen-bond donors (Lipinski definition) is 1. The van der Waals surface area contributed by atoms with E-state index >= 15 is 0 Å². The normalized spacial score (nSPS) is 10.2. The summed E-state index contributed by atoms with van der Waals surface area (Å²) in [6.45, 7) is 5.03. The highest BCUT2D eigenvalue weighted by Crippen LogP contribution is 2.17. The first-order valence-corrected chi connectivity index (χ1v) is 7.26. The highest BCUT2D eigenvalue weighted by Gasteiger charge is 2.05. The molecule has 1 amide bonds. The van der Waals surface area contributed by atoms with Crippen LogP contribution in [-0.4, -0.2) is 19.1 Å². The molecule has 0 spiro atoms. The molecule has 0 saturated heterocycles. The van der Waals surface area contributed by atoms with Crippen LogP contribution >= 0.6 is 0 Å². The third-order valence-electron chi connectivity index (χ3n) is 3.28. The maximum atomic E-state index is 12.0. The van der Waals surface area contributed by atoms with Crippen molar-refractivity contribution in [2.45, 2.75) is 20.3 Å². The molecule has 3 heteroatoms. The van der Waals surface area contributed by atoms with Gasteiger partial charge in [0.1, 0.15) is 12.4 Å². The van der Waals surface area contributed by atoms with Crippen molar-refractivity contribution in [1.29, 1.82) is 0 Å². The smallest absolute Gasteiger partial charge is 0.251 e. The maximum absolute atomic E-state index is 12.0. The zero-order valence-electron chi connectivity index (χ0n) is 12.6. The van der Waals surface area contributed by atoms with Gasteiger partial charge in [0, 0.05) is 5.56 Å². The van der Waals surface area contributed by atoms with Crippen molar-refractivity contribution in [2.24, 2.45) is 0 Å². The molecule has 3 nitrogen and oxygen atoms in total. The van der Waals surface area contributed by atoms with Crippen molar-refractivity contribution in [1.82, 2.24) is 5.32 Å². The molecule has 0 saturated carbocycles. The van der Waals surface area contributed by atoms with Crippen LogP contribution in [0.5, 0.6) is 5.75 Å². The zero-order valence-corrected chi connectivity index (χ0v) is 12.6. The molecule has 2 aromatic rings. The second-order valence-corrected chi connectivity index (χ2v) is 4.94. The van der Waals surface area contributed by atoms with Crippen molar-refractivity contribution in [3.05, 3.63) is 65.2 Å². The van der Waals surface area contributed by atoms with Gasteiger partial charge >= 0.3 is 0 Å². The Morgan fingerprint density at radius 1 is 1.14 bits per heavy atom. The minimum absolute atomic E-state index is 0.0638. The molecule has 2 rings (SSSR count). The Hall–Kier alpha value is -2.29. The van der Waals surface area contributed by atoms with E-state index in [9.17, 15) is 4.79 Å². The molecule has 1 N–H and O–H groups in total. The lowest BCUT2D eigenvalue weighted by Crippen LogP contribution is -2.28. The van der Waals surface area contributed by atoms with Crippen molar-refractivity contribution in [2.75, 3.05) is 13.2 Å². The minimum atomic E-state index is -0.0638. The standard InChI is InChI=1S/C18H21NO2/c1-3-15-8-4-5-10-17(15)21-12-11-19-18(20)16-9-6-7-14(2)13-16/h4-10,13H,3,11-12H2,1-2H3,(H,19,20). The summed E-state index contributed by atoms with van der Waals surface area (Å²) in [5.74, 6) is 0.830. The van der Waals surface area contributed by atoms with E-state index in [1.807, 2.05) is 49.4 Å². The molecule has 2 aromatic carbocycles. The number of rotatable bonds is 6. The summed E-state index contributed by atoms with van der Waals surface area (Å²) in [7, 11) is 0. The third-order valence-corrected chi connectivity index (χ3v) is 3.28. The minimum Gasteiger partial charge on any atom is -0.491 e. The van der Waals surface area contributed by atoms with Crippen molar-refractivity contribution >= 4 is 5.91 Å². The molecule has 0 radical (unpaired) electrons.